The Morgan fingerprint density at radius 2 is 1.16 bits per heavy atom. The number of hydrogen-bond donors (Lipinski definition) is 2. The molecular formula is C42H77F4N3O2. The van der Waals surface area contributed by atoms with Gasteiger partial charge in [-0.05, 0) is 90.6 Å². The number of alkyl halides is 4. The standard InChI is InChI=1S/C42H77F4N3O2/c1-6-8-20-30-41(43,44)32-24-34-47-38(3)26-16-12-10-13-17-27-39(51-37-23-22-36-49(4)5)28-18-14-11-15-19-29-40(50)48-35-25-33-42(45,46)31-21-9-7-2/h24-25,32-33,39,47H,3,6-23,26-31,34-37H2,1-2,4-5H3,(H,48,50)/b32-24-,33-25-. The highest BCUT2D eigenvalue weighted by atomic mass is 19.3. The van der Waals surface area contributed by atoms with Crippen LogP contribution >= 0.6 is 0 Å². The third-order valence-electron chi connectivity index (χ3n) is 9.13. The lowest BCUT2D eigenvalue weighted by Crippen LogP contribution is -2.23. The van der Waals surface area contributed by atoms with Crippen LogP contribution in [0.5, 0.6) is 0 Å². The zero-order valence-corrected chi connectivity index (χ0v) is 33.2. The third-order valence-corrected chi connectivity index (χ3v) is 9.13. The molecule has 5 nitrogen and oxygen atoms in total. The van der Waals surface area contributed by atoms with Gasteiger partial charge in [0.1, 0.15) is 0 Å². The van der Waals surface area contributed by atoms with Gasteiger partial charge in [0.25, 0.3) is 11.8 Å². The summed E-state index contributed by atoms with van der Waals surface area (Å²) in [5.41, 5.74) is 0.908. The van der Waals surface area contributed by atoms with E-state index in [9.17, 15) is 22.4 Å². The van der Waals surface area contributed by atoms with Gasteiger partial charge in [0, 0.05) is 44.7 Å². The molecule has 51 heavy (non-hydrogen) atoms. The van der Waals surface area contributed by atoms with E-state index in [-0.39, 0.29) is 25.3 Å². The van der Waals surface area contributed by atoms with Crippen molar-refractivity contribution >= 4 is 5.91 Å². The van der Waals surface area contributed by atoms with E-state index in [0.717, 1.165) is 140 Å². The van der Waals surface area contributed by atoms with Crippen molar-refractivity contribution in [3.8, 4) is 0 Å². The lowest BCUT2D eigenvalue weighted by atomic mass is 10.0. The molecule has 2 N–H and O–H groups in total. The first-order chi connectivity index (χ1) is 24.4. The average molecular weight is 732 g/mol. The smallest absolute Gasteiger partial charge is 0.266 e. The number of hydrogen-bond acceptors (Lipinski definition) is 4. The number of nitrogens with zero attached hydrogens (tertiary/aromatic N) is 1. The molecule has 300 valence electrons. The van der Waals surface area contributed by atoms with Crippen LogP contribution in [0.25, 0.3) is 0 Å². The molecule has 0 aliphatic heterocycles. The molecule has 9 heteroatoms. The molecule has 0 saturated carbocycles. The molecule has 0 rings (SSSR count). The summed E-state index contributed by atoms with van der Waals surface area (Å²) in [6, 6.07) is 0. The van der Waals surface area contributed by atoms with E-state index in [1.165, 1.54) is 25.0 Å². The third kappa shape index (κ3) is 35.0. The maximum atomic E-state index is 13.8. The van der Waals surface area contributed by atoms with Crippen LogP contribution in [0.1, 0.15) is 168 Å². The van der Waals surface area contributed by atoms with E-state index in [0.29, 0.717) is 31.9 Å². The van der Waals surface area contributed by atoms with Crippen LogP contribution in [-0.2, 0) is 9.53 Å². The molecule has 0 bridgehead atoms. The van der Waals surface area contributed by atoms with Crippen molar-refractivity contribution in [3.05, 3.63) is 36.6 Å². The first kappa shape index (κ1) is 49.1. The highest BCUT2D eigenvalue weighted by molar-refractivity contribution is 5.75. The van der Waals surface area contributed by atoms with Crippen LogP contribution in [0, 0.1) is 0 Å². The summed E-state index contributed by atoms with van der Waals surface area (Å²) in [5.74, 6) is -5.61. The Kier molecular flexibility index (Phi) is 31.6. The monoisotopic (exact) mass is 732 g/mol. The van der Waals surface area contributed by atoms with E-state index >= 15 is 0 Å². The first-order valence-electron chi connectivity index (χ1n) is 20.5. The zero-order valence-electron chi connectivity index (χ0n) is 33.2. The lowest BCUT2D eigenvalue weighted by molar-refractivity contribution is -0.121. The Balaban J connectivity index is 4.17. The highest BCUT2D eigenvalue weighted by Gasteiger charge is 2.24. The fourth-order valence-corrected chi connectivity index (χ4v) is 5.92. The maximum absolute atomic E-state index is 13.8. The molecular weight excluding hydrogens is 654 g/mol. The number of halogens is 4. The minimum absolute atomic E-state index is 0.0794. The van der Waals surface area contributed by atoms with Crippen LogP contribution in [0.4, 0.5) is 17.6 Å². The van der Waals surface area contributed by atoms with E-state index in [1.54, 1.807) is 0 Å². The summed E-state index contributed by atoms with van der Waals surface area (Å²) in [4.78, 5) is 14.3. The number of unbranched alkanes of at least 4 members (excludes halogenated alkanes) is 13. The Hall–Kier alpha value is -1.87. The van der Waals surface area contributed by atoms with Crippen LogP contribution < -0.4 is 10.6 Å². The van der Waals surface area contributed by atoms with Gasteiger partial charge in [-0.2, -0.15) is 0 Å². The second-order valence-electron chi connectivity index (χ2n) is 14.6. The molecule has 0 spiro atoms. The Labute approximate surface area is 310 Å². The van der Waals surface area contributed by atoms with Crippen molar-refractivity contribution in [2.75, 3.05) is 40.3 Å². The first-order valence-corrected chi connectivity index (χ1v) is 20.5. The van der Waals surface area contributed by atoms with Gasteiger partial charge in [0.15, 0.2) is 0 Å². The topological polar surface area (TPSA) is 53.6 Å². The Bertz CT molecular complexity index is 833. The summed E-state index contributed by atoms with van der Waals surface area (Å²) < 4.78 is 61.6. The molecule has 0 aromatic rings. The Morgan fingerprint density at radius 1 is 0.667 bits per heavy atom. The van der Waals surface area contributed by atoms with Gasteiger partial charge in [0.2, 0.25) is 5.91 Å². The zero-order chi connectivity index (χ0) is 38.1. The van der Waals surface area contributed by atoms with Crippen molar-refractivity contribution in [2.24, 2.45) is 0 Å². The average Bonchev–Trinajstić information content (AvgIpc) is 3.07. The number of ether oxygens (including phenoxy) is 1. The number of amides is 1. The van der Waals surface area contributed by atoms with Gasteiger partial charge in [-0.15, -0.1) is 0 Å². The van der Waals surface area contributed by atoms with Gasteiger partial charge in [-0.1, -0.05) is 110 Å². The number of carbonyl (C=O) groups excluding carboxylic acids is 1. The number of nitrogens with one attached hydrogen (secondary N) is 2. The van der Waals surface area contributed by atoms with Gasteiger partial charge >= 0.3 is 0 Å². The van der Waals surface area contributed by atoms with E-state index in [4.69, 9.17) is 4.74 Å². The fourth-order valence-electron chi connectivity index (χ4n) is 5.92. The van der Waals surface area contributed by atoms with E-state index < -0.39 is 11.8 Å². The van der Waals surface area contributed by atoms with Crippen molar-refractivity contribution < 1.29 is 27.1 Å². The molecule has 1 amide bonds. The van der Waals surface area contributed by atoms with Gasteiger partial charge < -0.3 is 20.3 Å². The van der Waals surface area contributed by atoms with E-state index in [2.05, 4.69) is 36.2 Å². The minimum Gasteiger partial charge on any atom is -0.385 e. The summed E-state index contributed by atoms with van der Waals surface area (Å²) in [7, 11) is 4.19. The number of allylic oxidation sites excluding steroid dienone is 3. The molecule has 0 aliphatic rings. The van der Waals surface area contributed by atoms with Gasteiger partial charge in [-0.3, -0.25) is 4.79 Å². The van der Waals surface area contributed by atoms with Crippen LogP contribution in [0.3, 0.4) is 0 Å². The predicted molar refractivity (Wildman–Crippen MR) is 209 cm³/mol. The normalized spacial score (nSPS) is 13.1. The van der Waals surface area contributed by atoms with Crippen molar-refractivity contribution in [1.82, 2.24) is 15.5 Å². The fraction of sp³-hybridized carbons (Fsp3) is 0.833. The Morgan fingerprint density at radius 3 is 1.69 bits per heavy atom. The van der Waals surface area contributed by atoms with Crippen LogP contribution in [-0.4, -0.2) is 69.1 Å². The lowest BCUT2D eigenvalue weighted by Gasteiger charge is -2.18. The second-order valence-corrected chi connectivity index (χ2v) is 14.6. The summed E-state index contributed by atoms with van der Waals surface area (Å²) in [5, 5.41) is 5.88. The highest BCUT2D eigenvalue weighted by Crippen LogP contribution is 2.24. The summed E-state index contributed by atoms with van der Waals surface area (Å²) in [6.07, 6.45) is 25.9. The van der Waals surface area contributed by atoms with E-state index in [1.807, 2.05) is 13.8 Å². The van der Waals surface area contributed by atoms with Crippen molar-refractivity contribution in [2.45, 2.75) is 186 Å². The van der Waals surface area contributed by atoms with Crippen LogP contribution in [0.2, 0.25) is 0 Å². The minimum atomic E-state index is -2.80. The number of carbonyl (C=O) groups is 1. The molecule has 0 fully saturated rings. The quantitative estimate of drug-likeness (QED) is 0.0379. The van der Waals surface area contributed by atoms with Crippen molar-refractivity contribution in [1.29, 1.82) is 0 Å². The molecule has 0 aromatic heterocycles. The second kappa shape index (κ2) is 32.8. The predicted octanol–water partition coefficient (Wildman–Crippen LogP) is 11.9. The van der Waals surface area contributed by atoms with Crippen LogP contribution in [0.15, 0.2) is 36.6 Å². The molecule has 1 unspecified atom stereocenters. The molecule has 0 saturated heterocycles. The maximum Gasteiger partial charge on any atom is 0.266 e. The number of rotatable bonds is 37. The summed E-state index contributed by atoms with van der Waals surface area (Å²) in [6.45, 7) is 10.5. The largest absolute Gasteiger partial charge is 0.385 e. The van der Waals surface area contributed by atoms with Crippen molar-refractivity contribution in [3.63, 3.8) is 0 Å². The molecule has 0 heterocycles. The molecule has 1 atom stereocenters. The molecule has 0 aromatic carbocycles. The van der Waals surface area contributed by atoms with Gasteiger partial charge in [-0.25, -0.2) is 17.6 Å². The summed E-state index contributed by atoms with van der Waals surface area (Å²) >= 11 is 0. The molecule has 0 aliphatic carbocycles. The van der Waals surface area contributed by atoms with Gasteiger partial charge in [0.05, 0.1) is 6.10 Å². The molecule has 0 radical (unpaired) electrons. The SMILES string of the molecule is C=C(CCCCCCCC(CCCCCCCC(=O)NC/C=C\C(F)(F)CCCCC)OCCCCN(C)C)NC/C=C\C(F)(F)CCCCC.